The summed E-state index contributed by atoms with van der Waals surface area (Å²) in [5, 5.41) is 31.1. The van der Waals surface area contributed by atoms with Crippen LogP contribution in [-0.4, -0.2) is 115 Å². The van der Waals surface area contributed by atoms with Crippen LogP contribution in [-0.2, 0) is 50.3 Å². The molecule has 4 N–H and O–H groups in total. The Hall–Kier alpha value is -2.39. The van der Waals surface area contributed by atoms with Gasteiger partial charge in [0.25, 0.3) is 0 Å². The number of allylic oxidation sites excluding steroid dienone is 2. The van der Waals surface area contributed by atoms with Crippen LogP contribution >= 0.6 is 7.82 Å². The maximum atomic E-state index is 12.9. The number of carbonyl (C=O) groups excluding carboxylic acids is 2. The van der Waals surface area contributed by atoms with Crippen molar-refractivity contribution in [2.75, 3.05) is 47.5 Å². The second-order valence-electron chi connectivity index (χ2n) is 19.0. The van der Waals surface area contributed by atoms with E-state index in [1.165, 1.54) is 30.4 Å². The smallest absolute Gasteiger partial charge is 0.466 e. The molecule has 0 amide bonds. The van der Waals surface area contributed by atoms with Crippen molar-refractivity contribution < 1.29 is 66.5 Å². The highest BCUT2D eigenvalue weighted by Crippen LogP contribution is 2.43. The van der Waals surface area contributed by atoms with Gasteiger partial charge in [0.1, 0.15) is 31.3 Å². The zero-order valence-corrected chi connectivity index (χ0v) is 42.1. The molecule has 0 aliphatic carbocycles. The van der Waals surface area contributed by atoms with Crippen LogP contribution in [0, 0.1) is 19.8 Å². The van der Waals surface area contributed by atoms with Crippen molar-refractivity contribution in [2.24, 2.45) is 5.92 Å². The number of aryl methyl sites for hydroxylation is 2. The molecule has 376 valence electrons. The van der Waals surface area contributed by atoms with E-state index in [1.54, 1.807) is 12.2 Å². The van der Waals surface area contributed by atoms with Crippen LogP contribution in [0.5, 0.6) is 0 Å². The molecule has 1 aromatic heterocycles. The van der Waals surface area contributed by atoms with Crippen molar-refractivity contribution in [3.05, 3.63) is 47.0 Å². The zero-order valence-electron chi connectivity index (χ0n) is 41.2. The molecule has 15 heteroatoms. The highest BCUT2D eigenvalue weighted by atomic mass is 31.2. The molecular weight excluding hydrogens is 854 g/mol. The van der Waals surface area contributed by atoms with Gasteiger partial charge in [-0.1, -0.05) is 109 Å². The second-order valence-corrected chi connectivity index (χ2v) is 20.4. The van der Waals surface area contributed by atoms with Crippen molar-refractivity contribution >= 4 is 19.8 Å². The summed E-state index contributed by atoms with van der Waals surface area (Å²) in [7, 11) is 1.31. The molecule has 2 unspecified atom stereocenters. The summed E-state index contributed by atoms with van der Waals surface area (Å²) in [5.74, 6) is 0.977. The van der Waals surface area contributed by atoms with Crippen LogP contribution in [0.4, 0.5) is 0 Å². The van der Waals surface area contributed by atoms with Crippen LogP contribution in [0.25, 0.3) is 0 Å². The number of phosphoric acid groups is 1. The molecule has 2 heterocycles. The third kappa shape index (κ3) is 27.3. The first-order chi connectivity index (χ1) is 30.9. The minimum Gasteiger partial charge on any atom is -0.466 e. The molecule has 2 rings (SSSR count). The van der Waals surface area contributed by atoms with Gasteiger partial charge >= 0.3 is 19.8 Å². The molecule has 0 saturated carbocycles. The zero-order chi connectivity index (χ0) is 48.1. The van der Waals surface area contributed by atoms with E-state index in [-0.39, 0.29) is 38.4 Å². The Bertz CT molecular complexity index is 1560. The number of aliphatic hydroxyl groups excluding tert-OH is 3. The van der Waals surface area contributed by atoms with Gasteiger partial charge in [-0.25, -0.2) is 4.57 Å². The quantitative estimate of drug-likeness (QED) is 0.0162. The summed E-state index contributed by atoms with van der Waals surface area (Å²) in [6.45, 7) is 8.29. The molecule has 1 aromatic rings. The molecule has 0 aromatic carbocycles. The van der Waals surface area contributed by atoms with E-state index in [4.69, 9.17) is 27.7 Å². The summed E-state index contributed by atoms with van der Waals surface area (Å²) < 4.78 is 46.3. The topological polar surface area (TPSA) is 191 Å². The van der Waals surface area contributed by atoms with Crippen LogP contribution in [0.2, 0.25) is 0 Å². The predicted octanol–water partition coefficient (Wildman–Crippen LogP) is 9.68. The number of furan rings is 1. The summed E-state index contributed by atoms with van der Waals surface area (Å²) in [5.41, 5.74) is 2.62. The number of nitrogens with zero attached hydrogens (tertiary/aromatic N) is 1. The third-order valence-corrected chi connectivity index (χ3v) is 13.0. The number of phosphoric ester groups is 1. The third-order valence-electron chi connectivity index (χ3n) is 12.0. The normalized spacial score (nSPS) is 20.0. The van der Waals surface area contributed by atoms with Crippen molar-refractivity contribution in [3.8, 4) is 0 Å². The largest absolute Gasteiger partial charge is 0.472 e. The van der Waals surface area contributed by atoms with Gasteiger partial charge < -0.3 is 43.3 Å². The Morgan fingerprint density at radius 1 is 0.800 bits per heavy atom. The number of carbonyl (C=O) groups is 2. The van der Waals surface area contributed by atoms with Crippen molar-refractivity contribution in [2.45, 2.75) is 206 Å². The van der Waals surface area contributed by atoms with E-state index < -0.39 is 57.1 Å². The van der Waals surface area contributed by atoms with Crippen LogP contribution < -0.4 is 0 Å². The fourth-order valence-corrected chi connectivity index (χ4v) is 8.44. The molecule has 65 heavy (non-hydrogen) atoms. The van der Waals surface area contributed by atoms with E-state index >= 15 is 0 Å². The number of hydrogen-bond acceptors (Lipinski definition) is 12. The Morgan fingerprint density at radius 3 is 2.05 bits per heavy atom. The molecule has 1 aliphatic heterocycles. The van der Waals surface area contributed by atoms with E-state index in [2.05, 4.69) is 27.7 Å². The molecule has 0 radical (unpaired) electrons. The molecule has 0 bridgehead atoms. The van der Waals surface area contributed by atoms with Crippen molar-refractivity contribution in [1.29, 1.82) is 0 Å². The maximum Gasteiger partial charge on any atom is 0.472 e. The van der Waals surface area contributed by atoms with Gasteiger partial charge in [0.05, 0.1) is 46.1 Å². The highest BCUT2D eigenvalue weighted by Gasteiger charge is 2.35. The maximum absolute atomic E-state index is 12.9. The van der Waals surface area contributed by atoms with Crippen LogP contribution in [0.3, 0.4) is 0 Å². The van der Waals surface area contributed by atoms with Crippen molar-refractivity contribution in [1.82, 2.24) is 0 Å². The van der Waals surface area contributed by atoms with Gasteiger partial charge in [0, 0.05) is 38.0 Å². The number of ether oxygens (including phenoxy) is 3. The van der Waals surface area contributed by atoms with Gasteiger partial charge in [0.15, 0.2) is 12.4 Å². The molecule has 1 fully saturated rings. The predicted molar refractivity (Wildman–Crippen MR) is 254 cm³/mol. The summed E-state index contributed by atoms with van der Waals surface area (Å²) >= 11 is 0. The van der Waals surface area contributed by atoms with Gasteiger partial charge in [0.2, 0.25) is 0 Å². The lowest BCUT2D eigenvalue weighted by Gasteiger charge is -2.36. The lowest BCUT2D eigenvalue weighted by atomic mass is 9.87. The highest BCUT2D eigenvalue weighted by molar-refractivity contribution is 7.47. The Kier molecular flexibility index (Phi) is 30.0. The standard InChI is InChI=1S/C50H88NO13P/c1-8-10-20-26-41(52)32-33-47-43(44(53)36-50(56)64-47)27-22-18-19-24-30-48(54)59-37-42(38-61-65(57,58)60-35-34-51(5,6)7)62-49(55)31-25-17-15-13-12-14-16-23-29-46-40(4)39(3)45(63-46)28-21-11-9-2/h18,22,32-33,41-44,47,50,52-53,56H,8-17,19-21,23-31,34-38H2,1-7H3/p+1/b22-18-,33-32+/t41-,42+,43-,44-,47+,50?/m0/s1. The van der Waals surface area contributed by atoms with Gasteiger partial charge in [-0.2, -0.15) is 0 Å². The number of likely N-dealkylation sites (N-methyl/N-ethyl adjacent to an activating group) is 1. The molecule has 14 nitrogen and oxygen atoms in total. The first-order valence-electron chi connectivity index (χ1n) is 24.8. The first kappa shape index (κ1) is 58.7. The number of unbranched alkanes of at least 4 members (excludes halogenated alkanes) is 12. The number of quaternary nitrogens is 1. The van der Waals surface area contributed by atoms with Crippen molar-refractivity contribution in [3.63, 3.8) is 0 Å². The minimum absolute atomic E-state index is 0.0192. The second kappa shape index (κ2) is 33.2. The SMILES string of the molecule is CCCCCc1oc(CCCCCCCCCCC(=O)O[C@H](COC(=O)CCC/C=C\C[C@H]2[C@@H](O)CC(O)O[C@@H]2/C=C/[C@@H](O)CCCCC)COP(=O)(O)OCC[N+](C)(C)C)c(C)c1C. The molecule has 1 aliphatic rings. The lowest BCUT2D eigenvalue weighted by Crippen LogP contribution is -2.43. The average molecular weight is 943 g/mol. The number of hydrogen-bond donors (Lipinski definition) is 4. The molecule has 0 spiro atoms. The van der Waals surface area contributed by atoms with Crippen LogP contribution in [0.1, 0.15) is 171 Å². The van der Waals surface area contributed by atoms with Gasteiger partial charge in [-0.3, -0.25) is 18.6 Å². The number of esters is 2. The summed E-state index contributed by atoms with van der Waals surface area (Å²) in [4.78, 5) is 35.8. The Morgan fingerprint density at radius 2 is 1.40 bits per heavy atom. The number of rotatable bonds is 37. The summed E-state index contributed by atoms with van der Waals surface area (Å²) in [6.07, 6.45) is 22.4. The van der Waals surface area contributed by atoms with Gasteiger partial charge in [-0.05, 0) is 69.9 Å². The van der Waals surface area contributed by atoms with E-state index in [1.807, 2.05) is 33.3 Å². The molecule has 7 atom stereocenters. The van der Waals surface area contributed by atoms with Gasteiger partial charge in [-0.15, -0.1) is 0 Å². The fraction of sp³-hybridized carbons (Fsp3) is 0.800. The average Bonchev–Trinajstić information content (AvgIpc) is 3.50. The monoisotopic (exact) mass is 943 g/mol. The Labute approximate surface area is 391 Å². The van der Waals surface area contributed by atoms with E-state index in [0.29, 0.717) is 43.1 Å². The van der Waals surface area contributed by atoms with E-state index in [0.717, 1.165) is 88.6 Å². The van der Waals surface area contributed by atoms with Crippen LogP contribution in [0.15, 0.2) is 28.7 Å². The fourth-order valence-electron chi connectivity index (χ4n) is 7.70. The number of aliphatic hydroxyl groups is 3. The molecular formula is C50H89NO13P+. The van der Waals surface area contributed by atoms with E-state index in [9.17, 15) is 34.4 Å². The Balaban J connectivity index is 1.76. The minimum atomic E-state index is -4.46. The molecule has 1 saturated heterocycles. The first-order valence-corrected chi connectivity index (χ1v) is 26.3. The summed E-state index contributed by atoms with van der Waals surface area (Å²) in [6, 6.07) is 0. The lowest BCUT2D eigenvalue weighted by molar-refractivity contribution is -0.870.